The van der Waals surface area contributed by atoms with Crippen molar-refractivity contribution in [1.29, 1.82) is 0 Å². The molecule has 2 amide bonds. The summed E-state index contributed by atoms with van der Waals surface area (Å²) in [6, 6.07) is 3.88. The molecule has 1 aromatic rings. The number of nitrogens with zero attached hydrogens (tertiary/aromatic N) is 2. The Balaban J connectivity index is 1.78. The standard InChI is InChI=1S/C15H18N2O2S/c1-3-13(18)16-8-9-17(15(10-16)6-7-15)14(19)12-5-4-11(2)20-12/h3-5H,1,6-10H2,2H3. The Morgan fingerprint density at radius 2 is 2.10 bits per heavy atom. The molecule has 1 spiro atoms. The number of carbonyl (C=O) groups excluding carboxylic acids is 2. The monoisotopic (exact) mass is 290 g/mol. The minimum atomic E-state index is -0.119. The van der Waals surface area contributed by atoms with E-state index < -0.39 is 0 Å². The van der Waals surface area contributed by atoms with Crippen LogP contribution < -0.4 is 0 Å². The number of hydrogen-bond donors (Lipinski definition) is 0. The molecule has 2 fully saturated rings. The number of rotatable bonds is 2. The lowest BCUT2D eigenvalue weighted by Crippen LogP contribution is -2.57. The molecule has 3 rings (SSSR count). The van der Waals surface area contributed by atoms with Crippen molar-refractivity contribution >= 4 is 23.2 Å². The summed E-state index contributed by atoms with van der Waals surface area (Å²) in [6.07, 6.45) is 3.34. The number of aryl methyl sites for hydroxylation is 1. The maximum Gasteiger partial charge on any atom is 0.264 e. The van der Waals surface area contributed by atoms with Crippen molar-refractivity contribution in [3.63, 3.8) is 0 Å². The van der Waals surface area contributed by atoms with E-state index in [9.17, 15) is 9.59 Å². The summed E-state index contributed by atoms with van der Waals surface area (Å²) in [5, 5.41) is 0. The molecule has 1 saturated carbocycles. The molecular formula is C15H18N2O2S. The van der Waals surface area contributed by atoms with Crippen LogP contribution >= 0.6 is 11.3 Å². The van der Waals surface area contributed by atoms with Gasteiger partial charge in [0.05, 0.1) is 10.4 Å². The van der Waals surface area contributed by atoms with Crippen molar-refractivity contribution in [3.8, 4) is 0 Å². The van der Waals surface area contributed by atoms with E-state index >= 15 is 0 Å². The van der Waals surface area contributed by atoms with Gasteiger partial charge < -0.3 is 9.80 Å². The quantitative estimate of drug-likeness (QED) is 0.782. The van der Waals surface area contributed by atoms with Gasteiger partial charge in [-0.2, -0.15) is 0 Å². The molecule has 1 saturated heterocycles. The Kier molecular flexibility index (Phi) is 3.17. The molecule has 0 N–H and O–H groups in total. The summed E-state index contributed by atoms with van der Waals surface area (Å²) in [5.41, 5.74) is -0.119. The van der Waals surface area contributed by atoms with Crippen molar-refractivity contribution in [2.24, 2.45) is 0 Å². The molecule has 1 aliphatic carbocycles. The largest absolute Gasteiger partial charge is 0.335 e. The zero-order chi connectivity index (χ0) is 14.3. The van der Waals surface area contributed by atoms with Crippen LogP contribution in [-0.4, -0.2) is 46.8 Å². The summed E-state index contributed by atoms with van der Waals surface area (Å²) in [5.74, 6) is 0.0849. The Morgan fingerprint density at radius 1 is 1.35 bits per heavy atom. The topological polar surface area (TPSA) is 40.6 Å². The van der Waals surface area contributed by atoms with E-state index in [4.69, 9.17) is 0 Å². The van der Waals surface area contributed by atoms with Gasteiger partial charge in [0.15, 0.2) is 0 Å². The predicted molar refractivity (Wildman–Crippen MR) is 78.8 cm³/mol. The fourth-order valence-electron chi connectivity index (χ4n) is 2.87. The molecule has 4 nitrogen and oxygen atoms in total. The van der Waals surface area contributed by atoms with Crippen LogP contribution in [0.25, 0.3) is 0 Å². The van der Waals surface area contributed by atoms with E-state index in [2.05, 4.69) is 6.58 Å². The molecule has 20 heavy (non-hydrogen) atoms. The van der Waals surface area contributed by atoms with Gasteiger partial charge in [0.2, 0.25) is 5.91 Å². The van der Waals surface area contributed by atoms with E-state index in [0.717, 1.165) is 22.6 Å². The lowest BCUT2D eigenvalue weighted by molar-refractivity contribution is -0.129. The first-order chi connectivity index (χ1) is 9.55. The summed E-state index contributed by atoms with van der Waals surface area (Å²) < 4.78 is 0. The van der Waals surface area contributed by atoms with Crippen molar-refractivity contribution < 1.29 is 9.59 Å². The van der Waals surface area contributed by atoms with Gasteiger partial charge in [0, 0.05) is 24.5 Å². The third-order valence-electron chi connectivity index (χ3n) is 4.16. The highest BCUT2D eigenvalue weighted by molar-refractivity contribution is 7.13. The minimum Gasteiger partial charge on any atom is -0.335 e. The summed E-state index contributed by atoms with van der Waals surface area (Å²) >= 11 is 1.54. The summed E-state index contributed by atoms with van der Waals surface area (Å²) in [7, 11) is 0. The zero-order valence-electron chi connectivity index (χ0n) is 11.6. The maximum absolute atomic E-state index is 12.6. The fraction of sp³-hybridized carbons (Fsp3) is 0.467. The van der Waals surface area contributed by atoms with Crippen LogP contribution in [0.1, 0.15) is 27.4 Å². The van der Waals surface area contributed by atoms with Crippen LogP contribution in [0.3, 0.4) is 0 Å². The molecule has 0 bridgehead atoms. The van der Waals surface area contributed by atoms with Crippen molar-refractivity contribution in [2.45, 2.75) is 25.3 Å². The van der Waals surface area contributed by atoms with E-state index in [-0.39, 0.29) is 17.4 Å². The smallest absolute Gasteiger partial charge is 0.264 e. The zero-order valence-corrected chi connectivity index (χ0v) is 12.4. The first-order valence-electron chi connectivity index (χ1n) is 6.85. The van der Waals surface area contributed by atoms with Gasteiger partial charge in [-0.25, -0.2) is 0 Å². The van der Waals surface area contributed by atoms with Gasteiger partial charge in [-0.1, -0.05) is 6.58 Å². The second-order valence-corrected chi connectivity index (χ2v) is 6.84. The van der Waals surface area contributed by atoms with E-state index in [1.54, 1.807) is 11.3 Å². The second-order valence-electron chi connectivity index (χ2n) is 5.56. The van der Waals surface area contributed by atoms with Gasteiger partial charge in [-0.3, -0.25) is 9.59 Å². The van der Waals surface area contributed by atoms with Crippen LogP contribution in [0.4, 0.5) is 0 Å². The van der Waals surface area contributed by atoms with Crippen LogP contribution in [0.5, 0.6) is 0 Å². The molecular weight excluding hydrogens is 272 g/mol. The molecule has 2 heterocycles. The van der Waals surface area contributed by atoms with Crippen molar-refractivity contribution in [1.82, 2.24) is 9.80 Å². The second kappa shape index (κ2) is 4.74. The average molecular weight is 290 g/mol. The van der Waals surface area contributed by atoms with Crippen LogP contribution in [-0.2, 0) is 4.79 Å². The highest BCUT2D eigenvalue weighted by atomic mass is 32.1. The third kappa shape index (κ3) is 2.16. The molecule has 2 aliphatic rings. The molecule has 1 aromatic heterocycles. The lowest BCUT2D eigenvalue weighted by atomic mass is 10.1. The van der Waals surface area contributed by atoms with Gasteiger partial charge in [0.1, 0.15) is 0 Å². The average Bonchev–Trinajstić information content (AvgIpc) is 3.06. The molecule has 0 atom stereocenters. The number of thiophene rings is 1. The Bertz CT molecular complexity index is 574. The van der Waals surface area contributed by atoms with E-state index in [1.807, 2.05) is 28.9 Å². The van der Waals surface area contributed by atoms with E-state index in [1.165, 1.54) is 6.08 Å². The highest BCUT2D eigenvalue weighted by Crippen LogP contribution is 2.45. The number of carbonyl (C=O) groups is 2. The Hall–Kier alpha value is -1.62. The van der Waals surface area contributed by atoms with Gasteiger partial charge in [-0.05, 0) is 38.0 Å². The fourth-order valence-corrected chi connectivity index (χ4v) is 3.68. The number of piperazine rings is 1. The normalized spacial score (nSPS) is 20.1. The Morgan fingerprint density at radius 3 is 2.65 bits per heavy atom. The van der Waals surface area contributed by atoms with Crippen LogP contribution in [0, 0.1) is 6.92 Å². The molecule has 0 radical (unpaired) electrons. The van der Waals surface area contributed by atoms with Gasteiger partial charge in [0.25, 0.3) is 5.91 Å². The Labute approximate surface area is 122 Å². The number of hydrogen-bond acceptors (Lipinski definition) is 3. The SMILES string of the molecule is C=CC(=O)N1CCN(C(=O)c2ccc(C)s2)C2(CC2)C1. The van der Waals surface area contributed by atoms with Crippen molar-refractivity contribution in [2.75, 3.05) is 19.6 Å². The molecule has 1 aliphatic heterocycles. The maximum atomic E-state index is 12.6. The predicted octanol–water partition coefficient (Wildman–Crippen LogP) is 2.06. The van der Waals surface area contributed by atoms with Crippen LogP contribution in [0.15, 0.2) is 24.8 Å². The minimum absolute atomic E-state index is 0.0321. The lowest BCUT2D eigenvalue weighted by Gasteiger charge is -2.41. The first kappa shape index (κ1) is 13.4. The molecule has 106 valence electrons. The van der Waals surface area contributed by atoms with Crippen molar-refractivity contribution in [3.05, 3.63) is 34.5 Å². The molecule has 0 unspecified atom stereocenters. The molecule has 5 heteroatoms. The number of amides is 2. The summed E-state index contributed by atoms with van der Waals surface area (Å²) in [4.78, 5) is 30.1. The summed E-state index contributed by atoms with van der Waals surface area (Å²) in [6.45, 7) is 7.41. The third-order valence-corrected chi connectivity index (χ3v) is 5.15. The van der Waals surface area contributed by atoms with Gasteiger partial charge >= 0.3 is 0 Å². The van der Waals surface area contributed by atoms with E-state index in [0.29, 0.717) is 19.6 Å². The highest BCUT2D eigenvalue weighted by Gasteiger charge is 2.53. The first-order valence-corrected chi connectivity index (χ1v) is 7.67. The van der Waals surface area contributed by atoms with Crippen LogP contribution in [0.2, 0.25) is 0 Å². The van der Waals surface area contributed by atoms with Gasteiger partial charge in [-0.15, -0.1) is 11.3 Å². The molecule has 0 aromatic carbocycles.